The quantitative estimate of drug-likeness (QED) is 0.518. The van der Waals surface area contributed by atoms with Crippen LogP contribution in [0, 0.1) is 6.92 Å². The summed E-state index contributed by atoms with van der Waals surface area (Å²) in [6.07, 6.45) is 3.28. The summed E-state index contributed by atoms with van der Waals surface area (Å²) in [6.45, 7) is 7.62. The van der Waals surface area contributed by atoms with Crippen LogP contribution in [0.15, 0.2) is 90.3 Å². The SMILES string of the molecule is C(/C1=N[C@@H](c2ccccc2)CO1)=C1/[N-][C@@H](c2ccccc2)CO1.C=C[CH2-].[Zn+2]. The van der Waals surface area contributed by atoms with Crippen molar-refractivity contribution in [2.45, 2.75) is 12.1 Å². The van der Waals surface area contributed by atoms with Crippen LogP contribution < -0.4 is 0 Å². The van der Waals surface area contributed by atoms with E-state index in [0.717, 1.165) is 11.1 Å². The molecular weight excluding hydrogens is 390 g/mol. The first-order valence-electron chi connectivity index (χ1n) is 8.56. The van der Waals surface area contributed by atoms with Crippen LogP contribution in [0.1, 0.15) is 23.2 Å². The van der Waals surface area contributed by atoms with Gasteiger partial charge >= 0.3 is 19.5 Å². The topological polar surface area (TPSA) is 44.9 Å². The fourth-order valence-electron chi connectivity index (χ4n) is 2.74. The van der Waals surface area contributed by atoms with Crippen LogP contribution in [0.5, 0.6) is 0 Å². The summed E-state index contributed by atoms with van der Waals surface area (Å²) in [5, 5.41) is 4.60. The first kappa shape index (κ1) is 20.8. The van der Waals surface area contributed by atoms with Crippen molar-refractivity contribution in [2.75, 3.05) is 13.2 Å². The molecule has 1 fully saturated rings. The van der Waals surface area contributed by atoms with Crippen LogP contribution in [0.4, 0.5) is 0 Å². The molecule has 0 unspecified atom stereocenters. The van der Waals surface area contributed by atoms with E-state index < -0.39 is 0 Å². The first-order valence-corrected chi connectivity index (χ1v) is 8.56. The van der Waals surface area contributed by atoms with Crippen molar-refractivity contribution in [3.63, 3.8) is 0 Å². The predicted octanol–water partition coefficient (Wildman–Crippen LogP) is 5.15. The minimum Gasteiger partial charge on any atom is -0.645 e. The predicted molar refractivity (Wildman–Crippen MR) is 105 cm³/mol. The molecule has 0 radical (unpaired) electrons. The number of hydrogen-bond donors (Lipinski definition) is 0. The fourth-order valence-corrected chi connectivity index (χ4v) is 2.74. The van der Waals surface area contributed by atoms with Gasteiger partial charge in [-0.15, -0.1) is 0 Å². The Balaban J connectivity index is 0.000000614. The van der Waals surface area contributed by atoms with E-state index in [2.05, 4.69) is 48.1 Å². The van der Waals surface area contributed by atoms with Crippen molar-refractivity contribution >= 4 is 5.90 Å². The molecule has 0 amide bonds. The van der Waals surface area contributed by atoms with Gasteiger partial charge in [0, 0.05) is 12.0 Å². The molecule has 4 rings (SSSR count). The van der Waals surface area contributed by atoms with Gasteiger partial charge in [0.25, 0.3) is 0 Å². The summed E-state index contributed by atoms with van der Waals surface area (Å²) in [5.41, 5.74) is 2.32. The van der Waals surface area contributed by atoms with Crippen LogP contribution in [-0.2, 0) is 29.0 Å². The first-order chi connectivity index (χ1) is 12.8. The van der Waals surface area contributed by atoms with Gasteiger partial charge in [0.15, 0.2) is 0 Å². The molecule has 2 aromatic rings. The Bertz CT molecular complexity index is 775. The number of ether oxygens (including phenoxy) is 2. The van der Waals surface area contributed by atoms with E-state index in [4.69, 9.17) is 9.47 Å². The molecule has 0 bridgehead atoms. The van der Waals surface area contributed by atoms with E-state index >= 15 is 0 Å². The van der Waals surface area contributed by atoms with E-state index in [1.807, 2.05) is 36.4 Å². The van der Waals surface area contributed by atoms with Crippen LogP contribution in [0.2, 0.25) is 0 Å². The zero-order chi connectivity index (χ0) is 18.2. The monoisotopic (exact) mass is 410 g/mol. The van der Waals surface area contributed by atoms with Crippen molar-refractivity contribution in [2.24, 2.45) is 4.99 Å². The fraction of sp³-hybridized carbons (Fsp3) is 0.182. The van der Waals surface area contributed by atoms with Gasteiger partial charge < -0.3 is 14.8 Å². The Kier molecular flexibility index (Phi) is 8.15. The summed E-state index contributed by atoms with van der Waals surface area (Å²) < 4.78 is 11.3. The summed E-state index contributed by atoms with van der Waals surface area (Å²) in [5.74, 6) is 1.18. The summed E-state index contributed by atoms with van der Waals surface area (Å²) in [7, 11) is 0. The van der Waals surface area contributed by atoms with Gasteiger partial charge in [0.1, 0.15) is 12.6 Å². The van der Waals surface area contributed by atoms with E-state index in [-0.39, 0.29) is 31.6 Å². The summed E-state index contributed by atoms with van der Waals surface area (Å²) >= 11 is 0. The van der Waals surface area contributed by atoms with Crippen LogP contribution in [0.3, 0.4) is 0 Å². The number of aliphatic imine (C=N–C) groups is 1. The van der Waals surface area contributed by atoms with Crippen molar-refractivity contribution in [3.8, 4) is 0 Å². The maximum atomic E-state index is 5.66. The molecule has 2 atom stereocenters. The van der Waals surface area contributed by atoms with E-state index in [1.54, 1.807) is 6.08 Å². The molecule has 0 N–H and O–H groups in total. The molecule has 0 spiro atoms. The Morgan fingerprint density at radius 3 is 2.19 bits per heavy atom. The van der Waals surface area contributed by atoms with Crippen LogP contribution in [0.25, 0.3) is 5.32 Å². The largest absolute Gasteiger partial charge is 2.00 e. The number of nitrogens with zero attached hydrogens (tertiary/aromatic N) is 2. The zero-order valence-electron chi connectivity index (χ0n) is 15.3. The molecule has 2 aliphatic rings. The van der Waals surface area contributed by atoms with Crippen molar-refractivity contribution in [3.05, 3.63) is 109 Å². The van der Waals surface area contributed by atoms with E-state index in [1.165, 1.54) is 6.08 Å². The molecular formula is C22H22N2O2Zn. The number of hydrogen-bond acceptors (Lipinski definition) is 3. The maximum Gasteiger partial charge on any atom is 2.00 e. The third-order valence-electron chi connectivity index (χ3n) is 3.96. The van der Waals surface area contributed by atoms with Crippen molar-refractivity contribution < 1.29 is 29.0 Å². The third-order valence-corrected chi connectivity index (χ3v) is 3.96. The molecule has 2 aromatic carbocycles. The Labute approximate surface area is 173 Å². The van der Waals surface area contributed by atoms with Gasteiger partial charge in [-0.3, -0.25) is 0 Å². The Morgan fingerprint density at radius 1 is 0.963 bits per heavy atom. The van der Waals surface area contributed by atoms with Gasteiger partial charge in [-0.25, -0.2) is 24.6 Å². The molecule has 0 saturated carbocycles. The molecule has 134 valence electrons. The number of rotatable bonds is 3. The van der Waals surface area contributed by atoms with E-state index in [0.29, 0.717) is 25.0 Å². The minimum atomic E-state index is 0. The molecule has 2 aliphatic heterocycles. The third kappa shape index (κ3) is 5.73. The van der Waals surface area contributed by atoms with Gasteiger partial charge in [0.05, 0.1) is 6.61 Å². The second-order valence-electron chi connectivity index (χ2n) is 5.84. The molecule has 5 heteroatoms. The number of allylic oxidation sites excluding steroid dienone is 1. The van der Waals surface area contributed by atoms with Gasteiger partial charge in [-0.05, 0) is 5.56 Å². The second-order valence-corrected chi connectivity index (χ2v) is 5.84. The molecule has 4 nitrogen and oxygen atoms in total. The Morgan fingerprint density at radius 2 is 1.56 bits per heavy atom. The molecule has 27 heavy (non-hydrogen) atoms. The normalized spacial score (nSPS) is 21.5. The van der Waals surface area contributed by atoms with Crippen LogP contribution >= 0.6 is 0 Å². The Hall–Kier alpha value is -2.52. The van der Waals surface area contributed by atoms with Gasteiger partial charge in [0.2, 0.25) is 5.90 Å². The average Bonchev–Trinajstić information content (AvgIpc) is 3.34. The minimum absolute atomic E-state index is 0. The van der Waals surface area contributed by atoms with Gasteiger partial charge in [-0.1, -0.05) is 72.3 Å². The number of benzene rings is 2. The molecule has 2 heterocycles. The maximum absolute atomic E-state index is 5.66. The van der Waals surface area contributed by atoms with E-state index in [9.17, 15) is 0 Å². The molecule has 1 saturated heterocycles. The van der Waals surface area contributed by atoms with Crippen LogP contribution in [-0.4, -0.2) is 19.1 Å². The molecule has 0 aliphatic carbocycles. The van der Waals surface area contributed by atoms with Crippen molar-refractivity contribution in [1.82, 2.24) is 0 Å². The standard InChI is InChI=1S/C19H17N2O2.C3H5.Zn/c1-3-7-14(8-4-1)16-12-22-18(20-16)11-19-21-17(13-23-19)15-9-5-2-6-10-15;1-3-2;/h1-11,16-17H,12-13H2;3H,1-2H2;/q2*-1;+2/b18-11+;;/t16-,17-;;/m1../s1. The van der Waals surface area contributed by atoms with Crippen molar-refractivity contribution in [1.29, 1.82) is 0 Å². The smallest absolute Gasteiger partial charge is 0.645 e. The summed E-state index contributed by atoms with van der Waals surface area (Å²) in [4.78, 5) is 4.60. The molecule has 0 aromatic heterocycles. The average molecular weight is 412 g/mol. The zero-order valence-corrected chi connectivity index (χ0v) is 18.3. The second kappa shape index (κ2) is 10.6. The van der Waals surface area contributed by atoms with Gasteiger partial charge in [-0.2, -0.15) is 0 Å². The summed E-state index contributed by atoms with van der Waals surface area (Å²) in [6, 6.07) is 20.4.